The van der Waals surface area contributed by atoms with Gasteiger partial charge < -0.3 is 14.6 Å². The number of aromatic carboxylic acids is 1. The van der Waals surface area contributed by atoms with Crippen LogP contribution in [0.2, 0.25) is 0 Å². The van der Waals surface area contributed by atoms with E-state index in [1.807, 2.05) is 10.8 Å². The molecule has 1 saturated heterocycles. The van der Waals surface area contributed by atoms with Crippen LogP contribution in [0.1, 0.15) is 29.4 Å². The quantitative estimate of drug-likeness (QED) is 0.922. The van der Waals surface area contributed by atoms with E-state index in [-0.39, 0.29) is 6.04 Å². The van der Waals surface area contributed by atoms with Crippen molar-refractivity contribution in [1.29, 1.82) is 0 Å². The second-order valence-electron chi connectivity index (χ2n) is 4.87. The van der Waals surface area contributed by atoms with E-state index in [0.717, 1.165) is 31.9 Å². The Morgan fingerprint density at radius 3 is 2.55 bits per heavy atom. The van der Waals surface area contributed by atoms with Crippen molar-refractivity contribution in [1.82, 2.24) is 14.5 Å². The molecular weight excluding hydrogens is 256 g/mol. The molecule has 0 radical (unpaired) electrons. The van der Waals surface area contributed by atoms with Crippen molar-refractivity contribution in [2.75, 3.05) is 18.0 Å². The fourth-order valence-corrected chi connectivity index (χ4v) is 2.69. The average molecular weight is 272 g/mol. The van der Waals surface area contributed by atoms with Gasteiger partial charge >= 0.3 is 5.97 Å². The normalized spacial score (nSPS) is 16.3. The summed E-state index contributed by atoms with van der Waals surface area (Å²) in [4.78, 5) is 21.8. The molecule has 0 aromatic carbocycles. The summed E-state index contributed by atoms with van der Waals surface area (Å²) in [6.07, 6.45) is 7.12. The number of nitrogens with zero attached hydrogens (tertiary/aromatic N) is 4. The van der Waals surface area contributed by atoms with Crippen LogP contribution in [0.3, 0.4) is 0 Å². The van der Waals surface area contributed by atoms with Gasteiger partial charge in [-0.2, -0.15) is 0 Å². The second-order valence-corrected chi connectivity index (χ2v) is 4.87. The van der Waals surface area contributed by atoms with Gasteiger partial charge in [0.25, 0.3) is 0 Å². The van der Waals surface area contributed by atoms with Gasteiger partial charge in [0.2, 0.25) is 5.95 Å². The minimum absolute atomic E-state index is 0.232. The Morgan fingerprint density at radius 1 is 1.20 bits per heavy atom. The maximum absolute atomic E-state index is 11.2. The molecule has 0 bridgehead atoms. The first-order valence-electron chi connectivity index (χ1n) is 6.68. The molecule has 2 aromatic rings. The molecule has 3 rings (SSSR count). The van der Waals surface area contributed by atoms with Crippen LogP contribution in [0.5, 0.6) is 0 Å². The zero-order chi connectivity index (χ0) is 13.9. The van der Waals surface area contributed by atoms with Crippen molar-refractivity contribution in [2.45, 2.75) is 18.9 Å². The molecule has 0 aliphatic carbocycles. The van der Waals surface area contributed by atoms with Crippen LogP contribution in [0.4, 0.5) is 5.95 Å². The molecule has 6 nitrogen and oxygen atoms in total. The number of rotatable bonds is 3. The lowest BCUT2D eigenvalue weighted by molar-refractivity contribution is 0.0681. The van der Waals surface area contributed by atoms with E-state index in [0.29, 0.717) is 5.69 Å². The standard InChI is InChI=1S/C14H16N4O2/c19-13(20)12-3-1-8-18(12)11-4-9-17(10-5-11)14-15-6-2-7-16-14/h1-3,6-8,11H,4-5,9-10H2,(H,19,20). The van der Waals surface area contributed by atoms with Crippen molar-refractivity contribution in [3.05, 3.63) is 42.5 Å². The summed E-state index contributed by atoms with van der Waals surface area (Å²) in [6, 6.07) is 5.47. The summed E-state index contributed by atoms with van der Waals surface area (Å²) in [6.45, 7) is 1.68. The summed E-state index contributed by atoms with van der Waals surface area (Å²) in [7, 11) is 0. The van der Waals surface area contributed by atoms with E-state index in [2.05, 4.69) is 14.9 Å². The molecule has 1 aliphatic heterocycles. The van der Waals surface area contributed by atoms with Crippen LogP contribution in [0, 0.1) is 0 Å². The SMILES string of the molecule is O=C(O)c1cccn1C1CCN(c2ncccn2)CC1. The summed E-state index contributed by atoms with van der Waals surface area (Å²) in [5.74, 6) is -0.124. The minimum atomic E-state index is -0.871. The Bertz CT molecular complexity index is 588. The number of anilines is 1. The number of aromatic nitrogens is 3. The first-order valence-corrected chi connectivity index (χ1v) is 6.68. The molecule has 20 heavy (non-hydrogen) atoms. The summed E-state index contributed by atoms with van der Waals surface area (Å²) < 4.78 is 1.87. The zero-order valence-corrected chi connectivity index (χ0v) is 11.0. The Morgan fingerprint density at radius 2 is 1.90 bits per heavy atom. The molecule has 0 unspecified atom stereocenters. The van der Waals surface area contributed by atoms with Gasteiger partial charge in [-0.05, 0) is 31.0 Å². The highest BCUT2D eigenvalue weighted by Crippen LogP contribution is 2.26. The first kappa shape index (κ1) is 12.7. The second kappa shape index (κ2) is 5.32. The van der Waals surface area contributed by atoms with E-state index in [9.17, 15) is 4.79 Å². The van der Waals surface area contributed by atoms with Crippen molar-refractivity contribution in [3.8, 4) is 0 Å². The van der Waals surface area contributed by atoms with Gasteiger partial charge in [-0.25, -0.2) is 14.8 Å². The van der Waals surface area contributed by atoms with Gasteiger partial charge in [0.1, 0.15) is 5.69 Å². The topological polar surface area (TPSA) is 71.2 Å². The molecule has 0 saturated carbocycles. The predicted octanol–water partition coefficient (Wildman–Crippen LogP) is 1.82. The monoisotopic (exact) mass is 272 g/mol. The highest BCUT2D eigenvalue weighted by Gasteiger charge is 2.24. The minimum Gasteiger partial charge on any atom is -0.477 e. The molecule has 2 aromatic heterocycles. The number of carbonyl (C=O) groups is 1. The van der Waals surface area contributed by atoms with Gasteiger partial charge in [-0.1, -0.05) is 0 Å². The van der Waals surface area contributed by atoms with E-state index in [1.54, 1.807) is 30.6 Å². The molecule has 0 spiro atoms. The molecule has 1 aliphatic rings. The molecule has 1 N–H and O–H groups in total. The molecule has 1 fully saturated rings. The van der Waals surface area contributed by atoms with E-state index in [1.165, 1.54) is 0 Å². The van der Waals surface area contributed by atoms with Crippen molar-refractivity contribution in [2.24, 2.45) is 0 Å². The zero-order valence-electron chi connectivity index (χ0n) is 11.0. The van der Waals surface area contributed by atoms with E-state index < -0.39 is 5.97 Å². The number of hydrogen-bond acceptors (Lipinski definition) is 4. The fourth-order valence-electron chi connectivity index (χ4n) is 2.69. The lowest BCUT2D eigenvalue weighted by atomic mass is 10.0. The summed E-state index contributed by atoms with van der Waals surface area (Å²) >= 11 is 0. The Hall–Kier alpha value is -2.37. The molecule has 6 heteroatoms. The largest absolute Gasteiger partial charge is 0.477 e. The maximum atomic E-state index is 11.2. The van der Waals surface area contributed by atoms with Crippen LogP contribution in [0.15, 0.2) is 36.8 Å². The van der Waals surface area contributed by atoms with Crippen molar-refractivity contribution in [3.63, 3.8) is 0 Å². The van der Waals surface area contributed by atoms with Crippen LogP contribution in [0.25, 0.3) is 0 Å². The fraction of sp³-hybridized carbons (Fsp3) is 0.357. The van der Waals surface area contributed by atoms with Gasteiger partial charge in [0.15, 0.2) is 0 Å². The Labute approximate surface area is 116 Å². The predicted molar refractivity (Wildman–Crippen MR) is 73.9 cm³/mol. The average Bonchev–Trinajstić information content (AvgIpc) is 2.98. The highest BCUT2D eigenvalue weighted by molar-refractivity contribution is 5.85. The molecule has 0 amide bonds. The van der Waals surface area contributed by atoms with Crippen LogP contribution in [-0.2, 0) is 0 Å². The number of carboxylic acids is 1. The van der Waals surface area contributed by atoms with Crippen LogP contribution in [-0.4, -0.2) is 38.7 Å². The first-order chi connectivity index (χ1) is 9.75. The summed E-state index contributed by atoms with van der Waals surface area (Å²) in [5, 5.41) is 9.16. The van der Waals surface area contributed by atoms with Crippen LogP contribution < -0.4 is 4.90 Å². The molecular formula is C14H16N4O2. The molecule has 104 valence electrons. The van der Waals surface area contributed by atoms with Gasteiger partial charge in [-0.3, -0.25) is 0 Å². The summed E-state index contributed by atoms with van der Waals surface area (Å²) in [5.41, 5.74) is 0.361. The third kappa shape index (κ3) is 2.36. The maximum Gasteiger partial charge on any atom is 0.352 e. The lowest BCUT2D eigenvalue weighted by Crippen LogP contribution is -2.36. The number of hydrogen-bond donors (Lipinski definition) is 1. The van der Waals surface area contributed by atoms with Gasteiger partial charge in [0.05, 0.1) is 0 Å². The van der Waals surface area contributed by atoms with E-state index in [4.69, 9.17) is 5.11 Å². The van der Waals surface area contributed by atoms with Gasteiger partial charge in [0, 0.05) is 37.7 Å². The number of carboxylic acid groups (broad SMARTS) is 1. The molecule has 0 atom stereocenters. The lowest BCUT2D eigenvalue weighted by Gasteiger charge is -2.33. The molecule has 3 heterocycles. The van der Waals surface area contributed by atoms with Crippen LogP contribution >= 0.6 is 0 Å². The third-order valence-corrected chi connectivity index (χ3v) is 3.69. The number of piperidine rings is 1. The Kier molecular flexibility index (Phi) is 3.37. The highest BCUT2D eigenvalue weighted by atomic mass is 16.4. The Balaban J connectivity index is 1.70. The van der Waals surface area contributed by atoms with Crippen molar-refractivity contribution < 1.29 is 9.90 Å². The van der Waals surface area contributed by atoms with Gasteiger partial charge in [-0.15, -0.1) is 0 Å². The van der Waals surface area contributed by atoms with E-state index >= 15 is 0 Å². The third-order valence-electron chi connectivity index (χ3n) is 3.69. The van der Waals surface area contributed by atoms with Crippen molar-refractivity contribution >= 4 is 11.9 Å². The smallest absolute Gasteiger partial charge is 0.352 e.